The molecule has 3 rings (SSSR count). The molecule has 0 saturated carbocycles. The number of para-hydroxylation sites is 1. The van der Waals surface area contributed by atoms with Crippen LogP contribution in [-0.4, -0.2) is 16.0 Å². The fourth-order valence-electron chi connectivity index (χ4n) is 2.14. The number of carbonyl (C=O) groups is 1. The largest absolute Gasteiger partial charge is 0.378 e. The maximum Gasteiger partial charge on any atom is 0.253 e. The van der Waals surface area contributed by atoms with E-state index in [1.807, 2.05) is 24.3 Å². The van der Waals surface area contributed by atoms with Crippen molar-refractivity contribution in [2.75, 3.05) is 0 Å². The Hall–Kier alpha value is -1.66. The Morgan fingerprint density at radius 3 is 2.61 bits per heavy atom. The summed E-state index contributed by atoms with van der Waals surface area (Å²) in [4.78, 5) is 16.5. The number of aromatic nitrogens is 1. The van der Waals surface area contributed by atoms with Crippen molar-refractivity contribution in [2.24, 2.45) is 0 Å². The van der Waals surface area contributed by atoms with Gasteiger partial charge in [0.1, 0.15) is 5.01 Å². The van der Waals surface area contributed by atoms with E-state index in [0.717, 1.165) is 15.2 Å². The molecule has 0 radical (unpaired) electrons. The summed E-state index contributed by atoms with van der Waals surface area (Å²) < 4.78 is 1.05. The molecule has 4 nitrogen and oxygen atoms in total. The lowest BCUT2D eigenvalue weighted by Crippen LogP contribution is -2.28. The number of amides is 1. The van der Waals surface area contributed by atoms with Crippen LogP contribution in [0.1, 0.15) is 16.7 Å². The highest BCUT2D eigenvalue weighted by Crippen LogP contribution is 2.24. The SMILES string of the molecule is O=C(NCc1nc2ccccc2s1)C(O)c1cc(Cl)cc(Cl)c1. The van der Waals surface area contributed by atoms with Crippen LogP contribution in [0, 0.1) is 0 Å². The van der Waals surface area contributed by atoms with Crippen molar-refractivity contribution in [2.45, 2.75) is 12.6 Å². The van der Waals surface area contributed by atoms with Gasteiger partial charge < -0.3 is 10.4 Å². The maximum absolute atomic E-state index is 12.1. The number of aliphatic hydroxyl groups is 1. The third-order valence-electron chi connectivity index (χ3n) is 3.20. The second-order valence-corrected chi connectivity index (χ2v) is 6.89. The molecular weight excluding hydrogens is 355 g/mol. The molecule has 0 fully saturated rings. The molecular formula is C16H12Cl2N2O2S. The molecule has 0 spiro atoms. The molecule has 2 N–H and O–H groups in total. The number of fused-ring (bicyclic) bond motifs is 1. The van der Waals surface area contributed by atoms with Crippen molar-refractivity contribution in [1.29, 1.82) is 0 Å². The third-order valence-corrected chi connectivity index (χ3v) is 4.67. The average molecular weight is 367 g/mol. The maximum atomic E-state index is 12.1. The molecule has 3 aromatic rings. The first-order chi connectivity index (χ1) is 11.0. The predicted molar refractivity (Wildman–Crippen MR) is 92.9 cm³/mol. The van der Waals surface area contributed by atoms with Crippen molar-refractivity contribution in [3.63, 3.8) is 0 Å². The zero-order valence-electron chi connectivity index (χ0n) is 11.8. The Kier molecular flexibility index (Phi) is 4.82. The van der Waals surface area contributed by atoms with Gasteiger partial charge in [-0.25, -0.2) is 4.98 Å². The number of benzene rings is 2. The standard InChI is InChI=1S/C16H12Cl2N2O2S/c17-10-5-9(6-11(18)7-10)15(21)16(22)19-8-14-20-12-3-1-2-4-13(12)23-14/h1-7,15,21H,8H2,(H,19,22). The van der Waals surface area contributed by atoms with E-state index < -0.39 is 12.0 Å². The molecule has 7 heteroatoms. The number of rotatable bonds is 4. The van der Waals surface area contributed by atoms with E-state index in [9.17, 15) is 9.90 Å². The van der Waals surface area contributed by atoms with Crippen LogP contribution in [0.3, 0.4) is 0 Å². The quantitative estimate of drug-likeness (QED) is 0.734. The Morgan fingerprint density at radius 1 is 1.22 bits per heavy atom. The summed E-state index contributed by atoms with van der Waals surface area (Å²) in [6.07, 6.45) is -1.33. The summed E-state index contributed by atoms with van der Waals surface area (Å²) in [7, 11) is 0. The van der Waals surface area contributed by atoms with Crippen molar-refractivity contribution < 1.29 is 9.90 Å². The summed E-state index contributed by atoms with van der Waals surface area (Å²) in [5.74, 6) is -0.525. The molecule has 1 amide bonds. The van der Waals surface area contributed by atoms with E-state index in [1.54, 1.807) is 6.07 Å². The fourth-order valence-corrected chi connectivity index (χ4v) is 3.59. The minimum atomic E-state index is -1.33. The van der Waals surface area contributed by atoms with Gasteiger partial charge in [-0.1, -0.05) is 35.3 Å². The van der Waals surface area contributed by atoms with E-state index in [1.165, 1.54) is 23.5 Å². The molecule has 2 aromatic carbocycles. The summed E-state index contributed by atoms with van der Waals surface area (Å²) in [5.41, 5.74) is 1.24. The van der Waals surface area contributed by atoms with Crippen molar-refractivity contribution >= 4 is 50.7 Å². The molecule has 1 unspecified atom stereocenters. The topological polar surface area (TPSA) is 62.2 Å². The van der Waals surface area contributed by atoms with Crippen LogP contribution >= 0.6 is 34.5 Å². The number of aliphatic hydroxyl groups excluding tert-OH is 1. The fraction of sp³-hybridized carbons (Fsp3) is 0.125. The molecule has 0 bridgehead atoms. The van der Waals surface area contributed by atoms with Crippen molar-refractivity contribution in [3.05, 3.63) is 63.1 Å². The van der Waals surface area contributed by atoms with Gasteiger partial charge in [-0.05, 0) is 35.9 Å². The highest BCUT2D eigenvalue weighted by atomic mass is 35.5. The van der Waals surface area contributed by atoms with E-state index in [4.69, 9.17) is 23.2 Å². The zero-order valence-corrected chi connectivity index (χ0v) is 14.1. The second-order valence-electron chi connectivity index (χ2n) is 4.90. The highest BCUT2D eigenvalue weighted by Gasteiger charge is 2.18. The molecule has 118 valence electrons. The summed E-state index contributed by atoms with van der Waals surface area (Å²) in [6.45, 7) is 0.254. The average Bonchev–Trinajstić information content (AvgIpc) is 2.93. The number of hydrogen-bond acceptors (Lipinski definition) is 4. The predicted octanol–water partition coefficient (Wildman–Crippen LogP) is 3.95. The van der Waals surface area contributed by atoms with Crippen LogP contribution in [-0.2, 0) is 11.3 Å². The monoisotopic (exact) mass is 366 g/mol. The molecule has 0 aliphatic rings. The third kappa shape index (κ3) is 3.82. The summed E-state index contributed by atoms with van der Waals surface area (Å²) in [6, 6.07) is 12.3. The van der Waals surface area contributed by atoms with Crippen LogP contribution in [0.4, 0.5) is 0 Å². The Balaban J connectivity index is 1.68. The van der Waals surface area contributed by atoms with Crippen LogP contribution in [0.15, 0.2) is 42.5 Å². The molecule has 1 aromatic heterocycles. The van der Waals surface area contributed by atoms with Gasteiger partial charge in [-0.15, -0.1) is 11.3 Å². The molecule has 0 aliphatic carbocycles. The minimum absolute atomic E-state index is 0.254. The molecule has 23 heavy (non-hydrogen) atoms. The Morgan fingerprint density at radius 2 is 1.91 bits per heavy atom. The number of hydrogen-bond donors (Lipinski definition) is 2. The first-order valence-corrected chi connectivity index (χ1v) is 8.36. The van der Waals surface area contributed by atoms with E-state index in [-0.39, 0.29) is 6.54 Å². The van der Waals surface area contributed by atoms with E-state index >= 15 is 0 Å². The van der Waals surface area contributed by atoms with Gasteiger partial charge in [-0.2, -0.15) is 0 Å². The van der Waals surface area contributed by atoms with Gasteiger partial charge in [0.25, 0.3) is 5.91 Å². The number of carbonyl (C=O) groups excluding carboxylic acids is 1. The highest BCUT2D eigenvalue weighted by molar-refractivity contribution is 7.18. The van der Waals surface area contributed by atoms with Gasteiger partial charge in [0.15, 0.2) is 6.10 Å². The summed E-state index contributed by atoms with van der Waals surface area (Å²) in [5, 5.41) is 14.3. The van der Waals surface area contributed by atoms with Crippen LogP contribution in [0.25, 0.3) is 10.2 Å². The van der Waals surface area contributed by atoms with Gasteiger partial charge in [0.2, 0.25) is 0 Å². The smallest absolute Gasteiger partial charge is 0.253 e. The van der Waals surface area contributed by atoms with Crippen molar-refractivity contribution in [3.8, 4) is 0 Å². The first kappa shape index (κ1) is 16.2. The summed E-state index contributed by atoms with van der Waals surface area (Å²) >= 11 is 13.3. The van der Waals surface area contributed by atoms with Gasteiger partial charge in [-0.3, -0.25) is 4.79 Å². The molecule has 0 saturated heterocycles. The van der Waals surface area contributed by atoms with Gasteiger partial charge >= 0.3 is 0 Å². The number of halogens is 2. The molecule has 0 aliphatic heterocycles. The number of nitrogens with zero attached hydrogens (tertiary/aromatic N) is 1. The normalized spacial score (nSPS) is 12.3. The van der Waals surface area contributed by atoms with E-state index in [2.05, 4.69) is 10.3 Å². The second kappa shape index (κ2) is 6.84. The minimum Gasteiger partial charge on any atom is -0.378 e. The number of thiazole rings is 1. The molecule has 1 atom stereocenters. The lowest BCUT2D eigenvalue weighted by molar-refractivity contribution is -0.129. The van der Waals surface area contributed by atoms with Crippen LogP contribution in [0.2, 0.25) is 10.0 Å². The van der Waals surface area contributed by atoms with E-state index in [0.29, 0.717) is 15.6 Å². The Labute approximate surface area is 146 Å². The van der Waals surface area contributed by atoms with Crippen LogP contribution < -0.4 is 5.32 Å². The molecule has 1 heterocycles. The first-order valence-electron chi connectivity index (χ1n) is 6.79. The van der Waals surface area contributed by atoms with Crippen molar-refractivity contribution in [1.82, 2.24) is 10.3 Å². The van der Waals surface area contributed by atoms with Gasteiger partial charge in [0, 0.05) is 10.0 Å². The Bertz CT molecular complexity index is 813. The zero-order chi connectivity index (χ0) is 16.4. The van der Waals surface area contributed by atoms with Gasteiger partial charge in [0.05, 0.1) is 16.8 Å². The lowest BCUT2D eigenvalue weighted by Gasteiger charge is -2.11. The van der Waals surface area contributed by atoms with Crippen LogP contribution in [0.5, 0.6) is 0 Å². The lowest BCUT2D eigenvalue weighted by atomic mass is 10.1. The number of nitrogens with one attached hydrogen (secondary N) is 1.